The summed E-state index contributed by atoms with van der Waals surface area (Å²) < 4.78 is 28.3. The van der Waals surface area contributed by atoms with Crippen LogP contribution in [0.2, 0.25) is 0 Å². The molecule has 5 heteroatoms. The Morgan fingerprint density at radius 3 is 2.33 bits per heavy atom. The Hall–Kier alpha value is -1.07. The molecule has 0 bridgehead atoms. The maximum Gasteiger partial charge on any atom is 0.382 e. The predicted molar refractivity (Wildman–Crippen MR) is 45.0 cm³/mol. The Morgan fingerprint density at radius 2 is 1.83 bits per heavy atom. The number of rotatable bonds is 3. The van der Waals surface area contributed by atoms with Gasteiger partial charge in [0, 0.05) is 7.05 Å². The van der Waals surface area contributed by atoms with E-state index in [1.165, 1.54) is 7.05 Å². The lowest BCUT2D eigenvalue weighted by Gasteiger charge is -2.03. The van der Waals surface area contributed by atoms with Crippen molar-refractivity contribution in [2.75, 3.05) is 7.05 Å². The van der Waals surface area contributed by atoms with Crippen molar-refractivity contribution in [3.8, 4) is 5.75 Å². The molecule has 1 aromatic carbocycles. The Bertz CT molecular complexity index is 333. The van der Waals surface area contributed by atoms with Gasteiger partial charge in [0.25, 0.3) is 0 Å². The third-order valence-electron chi connectivity index (χ3n) is 1.20. The van der Waals surface area contributed by atoms with Gasteiger partial charge in [0.15, 0.2) is 0 Å². The van der Waals surface area contributed by atoms with Crippen LogP contribution in [0, 0.1) is 0 Å². The molecule has 4 nitrogen and oxygen atoms in total. The summed E-state index contributed by atoms with van der Waals surface area (Å²) in [6.45, 7) is 0. The van der Waals surface area contributed by atoms with Crippen LogP contribution >= 0.6 is 0 Å². The Morgan fingerprint density at radius 1 is 1.25 bits per heavy atom. The van der Waals surface area contributed by atoms with Crippen molar-refractivity contribution in [3.63, 3.8) is 0 Å². The number of para-hydroxylation sites is 1. The van der Waals surface area contributed by atoms with Crippen molar-refractivity contribution in [2.24, 2.45) is 0 Å². The topological polar surface area (TPSA) is 55.4 Å². The molecule has 0 unspecified atom stereocenters. The second-order valence-electron chi connectivity index (χ2n) is 2.05. The molecule has 0 fully saturated rings. The van der Waals surface area contributed by atoms with E-state index in [0.717, 1.165) is 0 Å². The predicted octanol–water partition coefficient (Wildman–Crippen LogP) is 0.530. The number of hydrogen-bond acceptors (Lipinski definition) is 3. The molecule has 0 amide bonds. The minimum atomic E-state index is -3.62. The second kappa shape index (κ2) is 3.55. The molecule has 0 aliphatic carbocycles. The van der Waals surface area contributed by atoms with E-state index in [2.05, 4.69) is 4.18 Å². The van der Waals surface area contributed by atoms with Crippen molar-refractivity contribution >= 4 is 10.3 Å². The smallest absolute Gasteiger partial charge is 0.371 e. The van der Waals surface area contributed by atoms with Crippen LogP contribution < -0.4 is 8.91 Å². The van der Waals surface area contributed by atoms with Gasteiger partial charge in [-0.3, -0.25) is 0 Å². The first-order chi connectivity index (χ1) is 5.64. The van der Waals surface area contributed by atoms with Crippen molar-refractivity contribution in [1.29, 1.82) is 0 Å². The third-order valence-corrected chi connectivity index (χ3v) is 2.11. The highest BCUT2D eigenvalue weighted by atomic mass is 32.2. The molecule has 0 atom stereocenters. The highest BCUT2D eigenvalue weighted by Gasteiger charge is 2.06. The minimum Gasteiger partial charge on any atom is -0.371 e. The van der Waals surface area contributed by atoms with E-state index >= 15 is 0 Å². The van der Waals surface area contributed by atoms with Gasteiger partial charge in [0.1, 0.15) is 5.75 Å². The van der Waals surface area contributed by atoms with Crippen LogP contribution in [0.5, 0.6) is 5.75 Å². The van der Waals surface area contributed by atoms with E-state index in [1.54, 1.807) is 30.3 Å². The van der Waals surface area contributed by atoms with E-state index in [9.17, 15) is 8.42 Å². The van der Waals surface area contributed by atoms with Crippen LogP contribution in [0.25, 0.3) is 0 Å². The van der Waals surface area contributed by atoms with Gasteiger partial charge in [-0.1, -0.05) is 18.2 Å². The van der Waals surface area contributed by atoms with Crippen LogP contribution in [0.1, 0.15) is 0 Å². The highest BCUT2D eigenvalue weighted by Crippen LogP contribution is 2.09. The lowest BCUT2D eigenvalue weighted by Crippen LogP contribution is -2.24. The molecule has 1 rings (SSSR count). The van der Waals surface area contributed by atoms with Gasteiger partial charge in [-0.15, -0.1) is 0 Å². The summed E-state index contributed by atoms with van der Waals surface area (Å²) in [6.07, 6.45) is 0. The number of nitrogens with one attached hydrogen (secondary N) is 1. The maximum absolute atomic E-state index is 10.8. The monoisotopic (exact) mass is 187 g/mol. The van der Waals surface area contributed by atoms with Crippen molar-refractivity contribution < 1.29 is 12.6 Å². The van der Waals surface area contributed by atoms with Gasteiger partial charge < -0.3 is 4.18 Å². The Kier molecular flexibility index (Phi) is 2.67. The second-order valence-corrected chi connectivity index (χ2v) is 3.54. The van der Waals surface area contributed by atoms with Crippen molar-refractivity contribution in [1.82, 2.24) is 4.72 Å². The fourth-order valence-corrected chi connectivity index (χ4v) is 1.09. The SMILES string of the molecule is CNS(=O)(=O)Oc1ccccc1. The highest BCUT2D eigenvalue weighted by molar-refractivity contribution is 7.85. The molecule has 0 saturated carbocycles. The van der Waals surface area contributed by atoms with Gasteiger partial charge in [-0.2, -0.15) is 13.1 Å². The van der Waals surface area contributed by atoms with Crippen LogP contribution in [0.4, 0.5) is 0 Å². The van der Waals surface area contributed by atoms with Gasteiger partial charge >= 0.3 is 10.3 Å². The Balaban J connectivity index is 2.78. The van der Waals surface area contributed by atoms with E-state index < -0.39 is 10.3 Å². The van der Waals surface area contributed by atoms with Crippen molar-refractivity contribution in [3.05, 3.63) is 30.3 Å². The first-order valence-electron chi connectivity index (χ1n) is 3.32. The van der Waals surface area contributed by atoms with E-state index in [0.29, 0.717) is 5.75 Å². The number of benzene rings is 1. The van der Waals surface area contributed by atoms with Gasteiger partial charge in [-0.25, -0.2) is 0 Å². The van der Waals surface area contributed by atoms with Crippen LogP contribution in [-0.2, 0) is 10.3 Å². The zero-order chi connectivity index (χ0) is 9.03. The molecule has 12 heavy (non-hydrogen) atoms. The summed E-state index contributed by atoms with van der Waals surface area (Å²) in [4.78, 5) is 0. The molecule has 0 aliphatic rings. The first-order valence-corrected chi connectivity index (χ1v) is 4.73. The summed E-state index contributed by atoms with van der Waals surface area (Å²) in [6, 6.07) is 8.30. The van der Waals surface area contributed by atoms with Gasteiger partial charge in [-0.05, 0) is 12.1 Å². The fourth-order valence-electron chi connectivity index (χ4n) is 0.644. The molecular weight excluding hydrogens is 178 g/mol. The zero-order valence-electron chi connectivity index (χ0n) is 6.52. The third kappa shape index (κ3) is 2.52. The quantitative estimate of drug-likeness (QED) is 0.751. The van der Waals surface area contributed by atoms with Crippen LogP contribution in [0.3, 0.4) is 0 Å². The van der Waals surface area contributed by atoms with E-state index in [4.69, 9.17) is 0 Å². The van der Waals surface area contributed by atoms with Crippen LogP contribution in [-0.4, -0.2) is 15.5 Å². The molecule has 0 spiro atoms. The van der Waals surface area contributed by atoms with Gasteiger partial charge in [0.05, 0.1) is 0 Å². The molecule has 0 saturated heterocycles. The van der Waals surface area contributed by atoms with Gasteiger partial charge in [0.2, 0.25) is 0 Å². The minimum absolute atomic E-state index is 0.298. The lowest BCUT2D eigenvalue weighted by atomic mass is 10.3. The standard InChI is InChI=1S/C7H9NO3S/c1-8-12(9,10)11-7-5-3-2-4-6-7/h2-6,8H,1H3. The van der Waals surface area contributed by atoms with Crippen molar-refractivity contribution in [2.45, 2.75) is 0 Å². The molecule has 0 aromatic heterocycles. The summed E-state index contributed by atoms with van der Waals surface area (Å²) in [5, 5.41) is 0. The summed E-state index contributed by atoms with van der Waals surface area (Å²) in [5.41, 5.74) is 0. The summed E-state index contributed by atoms with van der Waals surface area (Å²) in [7, 11) is -2.33. The normalized spacial score (nSPS) is 11.1. The molecule has 0 radical (unpaired) electrons. The van der Waals surface area contributed by atoms with Crippen LogP contribution in [0.15, 0.2) is 30.3 Å². The molecule has 66 valence electrons. The van der Waals surface area contributed by atoms with E-state index in [-0.39, 0.29) is 0 Å². The maximum atomic E-state index is 10.8. The average molecular weight is 187 g/mol. The average Bonchev–Trinajstić information content (AvgIpc) is 2.06. The molecule has 0 heterocycles. The molecule has 1 aromatic rings. The molecule has 1 N–H and O–H groups in total. The molecule has 0 aliphatic heterocycles. The lowest BCUT2D eigenvalue weighted by molar-refractivity contribution is 0.477. The van der Waals surface area contributed by atoms with E-state index in [1.807, 2.05) is 4.72 Å². The summed E-state index contributed by atoms with van der Waals surface area (Å²) in [5.74, 6) is 0.298. The largest absolute Gasteiger partial charge is 0.382 e. The zero-order valence-corrected chi connectivity index (χ0v) is 7.34. The fraction of sp³-hybridized carbons (Fsp3) is 0.143. The number of hydrogen-bond donors (Lipinski definition) is 1. The molecular formula is C7H9NO3S. The first kappa shape index (κ1) is 9.02. The summed E-state index contributed by atoms with van der Waals surface area (Å²) >= 11 is 0. The Labute approximate surface area is 71.4 Å².